The van der Waals surface area contributed by atoms with E-state index in [2.05, 4.69) is 26.0 Å². The highest BCUT2D eigenvalue weighted by Gasteiger charge is 2.27. The van der Waals surface area contributed by atoms with Gasteiger partial charge in [-0.2, -0.15) is 0 Å². The number of rotatable bonds is 44. The second-order valence-electron chi connectivity index (χ2n) is 15.8. The Morgan fingerprint density at radius 1 is 0.518 bits per heavy atom. The molecule has 3 N–H and O–H groups in total. The smallest absolute Gasteiger partial charge is 0.462 e. The number of esters is 2. The molecule has 0 amide bonds. The monoisotopic (exact) mass is 819 g/mol. The van der Waals surface area contributed by atoms with Crippen molar-refractivity contribution in [3.05, 3.63) is 12.2 Å². The number of allylic oxidation sites excluding steroid dienone is 2. The van der Waals surface area contributed by atoms with Crippen LogP contribution >= 0.6 is 7.82 Å². The molecular formula is C45H87O10P. The highest BCUT2D eigenvalue weighted by atomic mass is 31.2. The Labute approximate surface area is 343 Å². The van der Waals surface area contributed by atoms with Crippen LogP contribution < -0.4 is 0 Å². The summed E-state index contributed by atoms with van der Waals surface area (Å²) in [5, 5.41) is 18.3. The maximum atomic E-state index is 12.6. The van der Waals surface area contributed by atoms with Gasteiger partial charge in [-0.3, -0.25) is 18.6 Å². The quantitative estimate of drug-likeness (QED) is 0.0235. The lowest BCUT2D eigenvalue weighted by atomic mass is 10.0. The van der Waals surface area contributed by atoms with Crippen LogP contribution in [0.15, 0.2) is 12.2 Å². The lowest BCUT2D eigenvalue weighted by Gasteiger charge is -2.20. The summed E-state index contributed by atoms with van der Waals surface area (Å²) in [5.74, 6) is -0.922. The fourth-order valence-corrected chi connectivity index (χ4v) is 7.37. The number of carbonyl (C=O) groups excluding carboxylic acids is 2. The van der Waals surface area contributed by atoms with E-state index >= 15 is 0 Å². The number of phosphoric ester groups is 1. The number of carbonyl (C=O) groups is 2. The molecule has 0 aromatic rings. The SMILES string of the molecule is CCCCCCCC/C=C\CCCCCCCC(=O)O[C@H](COC(=O)CCCCCCCCCCCCCCCCCCCC)COP(=O)(O)OC[C@@H](O)CO. The molecular weight excluding hydrogens is 731 g/mol. The van der Waals surface area contributed by atoms with Crippen LogP contribution in [0.1, 0.15) is 226 Å². The first kappa shape index (κ1) is 54.7. The number of unbranched alkanes of at least 4 members (excludes halogenated alkanes) is 28. The molecule has 0 spiro atoms. The van der Waals surface area contributed by atoms with E-state index in [1.165, 1.54) is 128 Å². The maximum Gasteiger partial charge on any atom is 0.472 e. The maximum absolute atomic E-state index is 12.6. The van der Waals surface area contributed by atoms with Crippen LogP contribution in [0.25, 0.3) is 0 Å². The normalized spacial score (nSPS) is 13.9. The van der Waals surface area contributed by atoms with Crippen molar-refractivity contribution in [3.8, 4) is 0 Å². The Hall–Kier alpha value is -1.29. The van der Waals surface area contributed by atoms with Crippen molar-refractivity contribution in [2.24, 2.45) is 0 Å². The largest absolute Gasteiger partial charge is 0.472 e. The minimum atomic E-state index is -4.61. The average molecular weight is 819 g/mol. The number of hydrogen-bond acceptors (Lipinski definition) is 9. The first-order chi connectivity index (χ1) is 27.2. The molecule has 0 saturated heterocycles. The summed E-state index contributed by atoms with van der Waals surface area (Å²) < 4.78 is 32.8. The molecule has 3 atom stereocenters. The molecule has 0 fully saturated rings. The first-order valence-corrected chi connectivity index (χ1v) is 24.6. The Morgan fingerprint density at radius 3 is 1.29 bits per heavy atom. The van der Waals surface area contributed by atoms with Crippen LogP contribution in [0.4, 0.5) is 0 Å². The van der Waals surface area contributed by atoms with Gasteiger partial charge in [0.2, 0.25) is 0 Å². The average Bonchev–Trinajstić information content (AvgIpc) is 3.19. The predicted molar refractivity (Wildman–Crippen MR) is 229 cm³/mol. The molecule has 0 aromatic heterocycles. The molecule has 10 nitrogen and oxygen atoms in total. The first-order valence-electron chi connectivity index (χ1n) is 23.1. The summed E-state index contributed by atoms with van der Waals surface area (Å²) >= 11 is 0. The standard InChI is InChI=1S/C45H87O10P/c1-3-5-7-9-11-13-15-17-19-20-21-23-24-26-28-30-32-34-36-44(48)52-40-43(41-54-56(50,51)53-39-42(47)38-46)55-45(49)37-35-33-31-29-27-25-22-18-16-14-12-10-8-6-4-2/h18,22,42-43,46-47H,3-17,19-21,23-41H2,1-2H3,(H,50,51)/b22-18-/t42-,43+/m0/s1. The Balaban J connectivity index is 4.22. The minimum absolute atomic E-state index is 0.178. The van der Waals surface area contributed by atoms with Crippen molar-refractivity contribution >= 4 is 19.8 Å². The van der Waals surface area contributed by atoms with E-state index in [1.54, 1.807) is 0 Å². The zero-order valence-electron chi connectivity index (χ0n) is 36.1. The second-order valence-corrected chi connectivity index (χ2v) is 17.2. The molecule has 0 aliphatic heterocycles. The summed E-state index contributed by atoms with van der Waals surface area (Å²) in [4.78, 5) is 35.0. The van der Waals surface area contributed by atoms with Gasteiger partial charge in [0.25, 0.3) is 0 Å². The highest BCUT2D eigenvalue weighted by molar-refractivity contribution is 7.47. The highest BCUT2D eigenvalue weighted by Crippen LogP contribution is 2.43. The van der Waals surface area contributed by atoms with Crippen LogP contribution in [-0.4, -0.2) is 65.7 Å². The van der Waals surface area contributed by atoms with Crippen LogP contribution in [0, 0.1) is 0 Å². The van der Waals surface area contributed by atoms with Crippen LogP contribution in [-0.2, 0) is 32.7 Å². The Morgan fingerprint density at radius 2 is 0.875 bits per heavy atom. The van der Waals surface area contributed by atoms with E-state index < -0.39 is 51.8 Å². The minimum Gasteiger partial charge on any atom is -0.462 e. The van der Waals surface area contributed by atoms with Gasteiger partial charge in [-0.1, -0.05) is 187 Å². The van der Waals surface area contributed by atoms with Crippen molar-refractivity contribution in [1.29, 1.82) is 0 Å². The number of ether oxygens (including phenoxy) is 2. The van der Waals surface area contributed by atoms with Crippen LogP contribution in [0.3, 0.4) is 0 Å². The molecule has 0 heterocycles. The lowest BCUT2D eigenvalue weighted by Crippen LogP contribution is -2.29. The molecule has 332 valence electrons. The van der Waals surface area contributed by atoms with Gasteiger partial charge < -0.3 is 24.6 Å². The molecule has 11 heteroatoms. The van der Waals surface area contributed by atoms with Crippen molar-refractivity contribution < 1.29 is 47.8 Å². The zero-order valence-corrected chi connectivity index (χ0v) is 37.0. The van der Waals surface area contributed by atoms with E-state index in [0.717, 1.165) is 57.8 Å². The number of phosphoric acid groups is 1. The van der Waals surface area contributed by atoms with Gasteiger partial charge in [-0.25, -0.2) is 4.57 Å². The van der Waals surface area contributed by atoms with E-state index in [0.29, 0.717) is 12.8 Å². The predicted octanol–water partition coefficient (Wildman–Crippen LogP) is 12.4. The summed E-state index contributed by atoms with van der Waals surface area (Å²) in [7, 11) is -4.61. The van der Waals surface area contributed by atoms with Crippen molar-refractivity contribution in [2.75, 3.05) is 26.4 Å². The zero-order chi connectivity index (χ0) is 41.2. The van der Waals surface area contributed by atoms with Crippen molar-refractivity contribution in [3.63, 3.8) is 0 Å². The van der Waals surface area contributed by atoms with E-state index in [1.807, 2.05) is 0 Å². The summed E-state index contributed by atoms with van der Waals surface area (Å²) in [6.45, 7) is 2.40. The number of hydrogen-bond donors (Lipinski definition) is 3. The molecule has 0 aliphatic carbocycles. The van der Waals surface area contributed by atoms with Gasteiger partial charge in [-0.05, 0) is 38.5 Å². The number of aliphatic hydroxyl groups is 2. The molecule has 0 aromatic carbocycles. The van der Waals surface area contributed by atoms with Gasteiger partial charge in [0, 0.05) is 12.8 Å². The fourth-order valence-electron chi connectivity index (χ4n) is 6.58. The van der Waals surface area contributed by atoms with Gasteiger partial charge >= 0.3 is 19.8 Å². The molecule has 1 unspecified atom stereocenters. The molecule has 56 heavy (non-hydrogen) atoms. The second kappa shape index (κ2) is 41.9. The third-order valence-electron chi connectivity index (χ3n) is 10.2. The number of aliphatic hydroxyl groups excluding tert-OH is 2. The summed E-state index contributed by atoms with van der Waals surface area (Å²) in [5.41, 5.74) is 0. The van der Waals surface area contributed by atoms with Gasteiger partial charge in [0.1, 0.15) is 12.7 Å². The van der Waals surface area contributed by atoms with E-state index in [-0.39, 0.29) is 19.4 Å². The lowest BCUT2D eigenvalue weighted by molar-refractivity contribution is -0.161. The van der Waals surface area contributed by atoms with Gasteiger partial charge in [0.05, 0.1) is 19.8 Å². The third kappa shape index (κ3) is 40.9. The van der Waals surface area contributed by atoms with Crippen molar-refractivity contribution in [2.45, 2.75) is 238 Å². The fraction of sp³-hybridized carbons (Fsp3) is 0.911. The molecule has 0 radical (unpaired) electrons. The Kier molecular flexibility index (Phi) is 40.9. The van der Waals surface area contributed by atoms with Crippen LogP contribution in [0.5, 0.6) is 0 Å². The van der Waals surface area contributed by atoms with E-state index in [9.17, 15) is 24.2 Å². The molecule has 0 aliphatic rings. The molecule has 0 bridgehead atoms. The molecule has 0 rings (SSSR count). The van der Waals surface area contributed by atoms with Crippen molar-refractivity contribution in [1.82, 2.24) is 0 Å². The van der Waals surface area contributed by atoms with E-state index in [4.69, 9.17) is 23.6 Å². The van der Waals surface area contributed by atoms with Gasteiger partial charge in [0.15, 0.2) is 6.10 Å². The topological polar surface area (TPSA) is 149 Å². The summed E-state index contributed by atoms with van der Waals surface area (Å²) in [6.07, 6.45) is 40.3. The van der Waals surface area contributed by atoms with Gasteiger partial charge in [-0.15, -0.1) is 0 Å². The third-order valence-corrected chi connectivity index (χ3v) is 11.1. The molecule has 0 saturated carbocycles. The van der Waals surface area contributed by atoms with Crippen LogP contribution in [0.2, 0.25) is 0 Å². The Bertz CT molecular complexity index is 946. The summed E-state index contributed by atoms with van der Waals surface area (Å²) in [6, 6.07) is 0.